The van der Waals surface area contributed by atoms with Gasteiger partial charge in [-0.1, -0.05) is 6.92 Å². The summed E-state index contributed by atoms with van der Waals surface area (Å²) in [6.07, 6.45) is 2.39. The zero-order chi connectivity index (χ0) is 13.7. The number of hydrogen-bond donors (Lipinski definition) is 3. The van der Waals surface area contributed by atoms with Gasteiger partial charge in [-0.3, -0.25) is 9.89 Å². The van der Waals surface area contributed by atoms with Crippen molar-refractivity contribution in [1.82, 2.24) is 25.5 Å². The molecule has 0 radical (unpaired) electrons. The van der Waals surface area contributed by atoms with Crippen LogP contribution in [-0.4, -0.2) is 33.1 Å². The van der Waals surface area contributed by atoms with Crippen LogP contribution in [0.3, 0.4) is 0 Å². The number of aryl methyl sites for hydroxylation is 1. The smallest absolute Gasteiger partial charge is 0.255 e. The molecule has 3 N–H and O–H groups in total. The van der Waals surface area contributed by atoms with Gasteiger partial charge in [0.2, 0.25) is 0 Å². The molecule has 2 heterocycles. The summed E-state index contributed by atoms with van der Waals surface area (Å²) >= 11 is 0. The molecular formula is C12H16N6O. The molecule has 7 heteroatoms. The second kappa shape index (κ2) is 5.94. The molecular weight excluding hydrogens is 244 g/mol. The van der Waals surface area contributed by atoms with Gasteiger partial charge in [-0.25, -0.2) is 9.97 Å². The number of anilines is 1. The summed E-state index contributed by atoms with van der Waals surface area (Å²) in [7, 11) is 1.73. The second-order valence-corrected chi connectivity index (χ2v) is 3.88. The molecule has 2 aromatic rings. The van der Waals surface area contributed by atoms with E-state index in [2.05, 4.69) is 30.8 Å². The van der Waals surface area contributed by atoms with E-state index in [0.717, 1.165) is 12.2 Å². The third kappa shape index (κ3) is 3.06. The van der Waals surface area contributed by atoms with Gasteiger partial charge in [-0.05, 0) is 12.1 Å². The molecule has 1 amide bonds. The number of aromatic amines is 1. The van der Waals surface area contributed by atoms with Crippen molar-refractivity contribution in [2.24, 2.45) is 0 Å². The quantitative estimate of drug-likeness (QED) is 0.736. The third-order valence-corrected chi connectivity index (χ3v) is 2.60. The van der Waals surface area contributed by atoms with Gasteiger partial charge in [0.25, 0.3) is 5.91 Å². The molecule has 7 nitrogen and oxygen atoms in total. The molecule has 0 bridgehead atoms. The van der Waals surface area contributed by atoms with Crippen LogP contribution in [0.4, 0.5) is 5.82 Å². The van der Waals surface area contributed by atoms with Gasteiger partial charge in [0.1, 0.15) is 11.6 Å². The lowest BCUT2D eigenvalue weighted by Crippen LogP contribution is -2.24. The van der Waals surface area contributed by atoms with Gasteiger partial charge in [0, 0.05) is 19.7 Å². The van der Waals surface area contributed by atoms with Gasteiger partial charge in [-0.15, -0.1) is 0 Å². The standard InChI is InChI=1S/C12H16N6O/c1-3-9-16-10(18-17-9)7-15-12(19)8-5-4-6-14-11(8)13-2/h4-6H,3,7H2,1-2H3,(H,13,14)(H,15,19)(H,16,17,18). The highest BCUT2D eigenvalue weighted by molar-refractivity contribution is 5.98. The summed E-state index contributed by atoms with van der Waals surface area (Å²) in [4.78, 5) is 20.3. The first kappa shape index (κ1) is 13.0. The van der Waals surface area contributed by atoms with Crippen LogP contribution in [0.1, 0.15) is 28.9 Å². The Morgan fingerprint density at radius 2 is 2.32 bits per heavy atom. The van der Waals surface area contributed by atoms with Crippen LogP contribution in [0.5, 0.6) is 0 Å². The van der Waals surface area contributed by atoms with Crippen LogP contribution < -0.4 is 10.6 Å². The topological polar surface area (TPSA) is 95.6 Å². The summed E-state index contributed by atoms with van der Waals surface area (Å²) < 4.78 is 0. The fourth-order valence-electron chi connectivity index (χ4n) is 1.62. The summed E-state index contributed by atoms with van der Waals surface area (Å²) in [5.74, 6) is 1.72. The van der Waals surface area contributed by atoms with Crippen molar-refractivity contribution in [2.45, 2.75) is 19.9 Å². The molecule has 0 unspecified atom stereocenters. The first-order valence-electron chi connectivity index (χ1n) is 6.05. The van der Waals surface area contributed by atoms with E-state index in [9.17, 15) is 4.79 Å². The van der Waals surface area contributed by atoms with E-state index in [-0.39, 0.29) is 5.91 Å². The Morgan fingerprint density at radius 3 is 3.00 bits per heavy atom. The van der Waals surface area contributed by atoms with Gasteiger partial charge >= 0.3 is 0 Å². The van der Waals surface area contributed by atoms with Crippen molar-refractivity contribution >= 4 is 11.7 Å². The first-order valence-corrected chi connectivity index (χ1v) is 6.05. The highest BCUT2D eigenvalue weighted by atomic mass is 16.1. The van der Waals surface area contributed by atoms with Crippen LogP contribution >= 0.6 is 0 Å². The Bertz CT molecular complexity index is 565. The number of aromatic nitrogens is 4. The SMILES string of the molecule is CCc1n[nH]c(CNC(=O)c2cccnc2NC)n1. The molecule has 0 aliphatic heterocycles. The van der Waals surface area contributed by atoms with E-state index in [4.69, 9.17) is 0 Å². The van der Waals surface area contributed by atoms with Crippen LogP contribution in [0.25, 0.3) is 0 Å². The number of hydrogen-bond acceptors (Lipinski definition) is 5. The van der Waals surface area contributed by atoms with Crippen LogP contribution in [0.2, 0.25) is 0 Å². The summed E-state index contributed by atoms with van der Waals surface area (Å²) in [5.41, 5.74) is 0.500. The second-order valence-electron chi connectivity index (χ2n) is 3.88. The molecule has 0 atom stereocenters. The van der Waals surface area contributed by atoms with E-state index >= 15 is 0 Å². The predicted octanol–water partition coefficient (Wildman–Crippen LogP) is 0.734. The average Bonchev–Trinajstić information content (AvgIpc) is 2.92. The van der Waals surface area contributed by atoms with Crippen molar-refractivity contribution in [3.63, 3.8) is 0 Å². The maximum atomic E-state index is 12.0. The molecule has 0 aromatic carbocycles. The van der Waals surface area contributed by atoms with Crippen LogP contribution in [0, 0.1) is 0 Å². The van der Waals surface area contributed by atoms with E-state index in [1.807, 2.05) is 6.92 Å². The van der Waals surface area contributed by atoms with E-state index in [1.54, 1.807) is 25.4 Å². The van der Waals surface area contributed by atoms with Crippen molar-refractivity contribution in [1.29, 1.82) is 0 Å². The maximum absolute atomic E-state index is 12.0. The normalized spacial score (nSPS) is 10.2. The number of H-pyrrole nitrogens is 1. The Morgan fingerprint density at radius 1 is 1.47 bits per heavy atom. The molecule has 0 aliphatic rings. The van der Waals surface area contributed by atoms with Gasteiger partial charge in [-0.2, -0.15) is 5.10 Å². The fourth-order valence-corrected chi connectivity index (χ4v) is 1.62. The fraction of sp³-hybridized carbons (Fsp3) is 0.333. The molecule has 0 saturated heterocycles. The molecule has 0 fully saturated rings. The molecule has 2 rings (SSSR count). The van der Waals surface area contributed by atoms with Crippen molar-refractivity contribution in [3.05, 3.63) is 35.5 Å². The zero-order valence-electron chi connectivity index (χ0n) is 10.9. The van der Waals surface area contributed by atoms with E-state index in [1.165, 1.54) is 0 Å². The Kier molecular flexibility index (Phi) is 4.07. The lowest BCUT2D eigenvalue weighted by molar-refractivity contribution is 0.0950. The monoisotopic (exact) mass is 260 g/mol. The number of carbonyl (C=O) groups excluding carboxylic acids is 1. The third-order valence-electron chi connectivity index (χ3n) is 2.60. The van der Waals surface area contributed by atoms with Crippen molar-refractivity contribution < 1.29 is 4.79 Å². The number of rotatable bonds is 5. The lowest BCUT2D eigenvalue weighted by atomic mass is 10.2. The number of pyridine rings is 1. The van der Waals surface area contributed by atoms with Gasteiger partial charge in [0.05, 0.1) is 12.1 Å². The van der Waals surface area contributed by atoms with E-state index in [0.29, 0.717) is 23.8 Å². The molecule has 19 heavy (non-hydrogen) atoms. The maximum Gasteiger partial charge on any atom is 0.255 e. The first-order chi connectivity index (χ1) is 9.24. The van der Waals surface area contributed by atoms with Gasteiger partial charge < -0.3 is 10.6 Å². The minimum Gasteiger partial charge on any atom is -0.372 e. The van der Waals surface area contributed by atoms with E-state index < -0.39 is 0 Å². The Labute approximate surface area is 110 Å². The highest BCUT2D eigenvalue weighted by Crippen LogP contribution is 2.10. The lowest BCUT2D eigenvalue weighted by Gasteiger charge is -2.07. The molecule has 0 saturated carbocycles. The predicted molar refractivity (Wildman–Crippen MR) is 70.7 cm³/mol. The molecule has 0 spiro atoms. The summed E-state index contributed by atoms with van der Waals surface area (Å²) in [5, 5.41) is 12.4. The molecule has 100 valence electrons. The molecule has 0 aliphatic carbocycles. The minimum atomic E-state index is -0.202. The van der Waals surface area contributed by atoms with Crippen LogP contribution in [-0.2, 0) is 13.0 Å². The number of nitrogens with zero attached hydrogens (tertiary/aromatic N) is 3. The summed E-state index contributed by atoms with van der Waals surface area (Å²) in [6, 6.07) is 3.44. The molecule has 2 aromatic heterocycles. The largest absolute Gasteiger partial charge is 0.372 e. The van der Waals surface area contributed by atoms with Crippen molar-refractivity contribution in [3.8, 4) is 0 Å². The minimum absolute atomic E-state index is 0.202. The average molecular weight is 260 g/mol. The van der Waals surface area contributed by atoms with Crippen molar-refractivity contribution in [2.75, 3.05) is 12.4 Å². The zero-order valence-corrected chi connectivity index (χ0v) is 10.9. The Balaban J connectivity index is 2.01. The highest BCUT2D eigenvalue weighted by Gasteiger charge is 2.11. The van der Waals surface area contributed by atoms with Crippen LogP contribution in [0.15, 0.2) is 18.3 Å². The number of carbonyl (C=O) groups is 1. The van der Waals surface area contributed by atoms with Gasteiger partial charge in [0.15, 0.2) is 5.82 Å². The number of nitrogens with one attached hydrogen (secondary N) is 3. The summed E-state index contributed by atoms with van der Waals surface area (Å²) in [6.45, 7) is 2.28. The number of amides is 1. The Hall–Kier alpha value is -2.44.